The predicted molar refractivity (Wildman–Crippen MR) is 44.5 cm³/mol. The third-order valence-electron chi connectivity index (χ3n) is 1.63. The molecule has 1 unspecified atom stereocenters. The minimum absolute atomic E-state index is 0.00391. The Morgan fingerprint density at radius 1 is 1.38 bits per heavy atom. The summed E-state index contributed by atoms with van der Waals surface area (Å²) < 4.78 is 35.0. The van der Waals surface area contributed by atoms with Crippen molar-refractivity contribution in [2.45, 2.75) is 38.5 Å². The monoisotopic (exact) mass is 199 g/mol. The maximum atomic E-state index is 11.7. The van der Waals surface area contributed by atoms with Crippen LogP contribution in [0.4, 0.5) is 13.2 Å². The first-order valence-corrected chi connectivity index (χ1v) is 4.41. The van der Waals surface area contributed by atoms with Crippen molar-refractivity contribution in [2.75, 3.05) is 13.1 Å². The number of rotatable bonds is 6. The fourth-order valence-corrected chi connectivity index (χ4v) is 0.951. The summed E-state index contributed by atoms with van der Waals surface area (Å²) in [5, 5.41) is 12.0. The molecule has 0 saturated heterocycles. The van der Waals surface area contributed by atoms with Crippen molar-refractivity contribution >= 4 is 0 Å². The van der Waals surface area contributed by atoms with Crippen LogP contribution in [-0.2, 0) is 0 Å². The molecule has 0 heterocycles. The van der Waals surface area contributed by atoms with E-state index in [0.29, 0.717) is 6.54 Å². The topological polar surface area (TPSA) is 32.3 Å². The van der Waals surface area contributed by atoms with Crippen molar-refractivity contribution < 1.29 is 18.3 Å². The molecule has 1 atom stereocenters. The number of alkyl halides is 3. The predicted octanol–water partition coefficient (Wildman–Crippen LogP) is 1.69. The minimum Gasteiger partial charge on any atom is -0.392 e. The van der Waals surface area contributed by atoms with E-state index in [2.05, 4.69) is 5.32 Å². The van der Waals surface area contributed by atoms with E-state index in [-0.39, 0.29) is 12.8 Å². The highest BCUT2D eigenvalue weighted by atomic mass is 19.4. The molecule has 0 radical (unpaired) electrons. The molecule has 0 saturated carbocycles. The smallest absolute Gasteiger partial charge is 0.389 e. The number of hydrogen-bond acceptors (Lipinski definition) is 2. The van der Waals surface area contributed by atoms with Gasteiger partial charge in [0.1, 0.15) is 0 Å². The minimum atomic E-state index is -4.10. The van der Waals surface area contributed by atoms with Crippen LogP contribution in [0.1, 0.15) is 26.2 Å². The molecule has 0 aromatic heterocycles. The van der Waals surface area contributed by atoms with Crippen LogP contribution in [0, 0.1) is 0 Å². The molecule has 2 nitrogen and oxygen atoms in total. The Bertz CT molecular complexity index is 127. The second kappa shape index (κ2) is 6.21. The molecule has 0 aliphatic heterocycles. The molecule has 0 spiro atoms. The second-order valence-electron chi connectivity index (χ2n) is 2.97. The van der Waals surface area contributed by atoms with E-state index in [4.69, 9.17) is 5.11 Å². The molecular formula is C8H16F3NO. The highest BCUT2D eigenvalue weighted by Gasteiger charge is 2.26. The average molecular weight is 199 g/mol. The van der Waals surface area contributed by atoms with Gasteiger partial charge in [0.15, 0.2) is 0 Å². The Kier molecular flexibility index (Phi) is 6.07. The summed E-state index contributed by atoms with van der Waals surface area (Å²) in [5.41, 5.74) is 0. The first kappa shape index (κ1) is 12.7. The summed E-state index contributed by atoms with van der Waals surface area (Å²) in [5.74, 6) is 0. The van der Waals surface area contributed by atoms with Gasteiger partial charge in [-0.15, -0.1) is 0 Å². The standard InChI is InChI=1S/C8H16F3NO/c1-2-12-6-7(13)4-3-5-8(9,10)11/h7,12-13H,2-6H2,1H3. The number of likely N-dealkylation sites (N-methyl/N-ethyl adjacent to an activating group) is 1. The fourth-order valence-electron chi connectivity index (χ4n) is 0.951. The van der Waals surface area contributed by atoms with Gasteiger partial charge in [0, 0.05) is 13.0 Å². The molecule has 80 valence electrons. The molecule has 5 heteroatoms. The SMILES string of the molecule is CCNCC(O)CCCC(F)(F)F. The molecular weight excluding hydrogens is 183 g/mol. The van der Waals surface area contributed by atoms with E-state index in [0.717, 1.165) is 6.54 Å². The van der Waals surface area contributed by atoms with Crippen LogP contribution in [0.2, 0.25) is 0 Å². The van der Waals surface area contributed by atoms with Gasteiger partial charge in [-0.1, -0.05) is 6.92 Å². The van der Waals surface area contributed by atoms with Crippen LogP contribution in [0.15, 0.2) is 0 Å². The average Bonchev–Trinajstić information content (AvgIpc) is 1.98. The zero-order valence-corrected chi connectivity index (χ0v) is 7.69. The maximum absolute atomic E-state index is 11.7. The molecule has 0 aliphatic rings. The fraction of sp³-hybridized carbons (Fsp3) is 1.00. The molecule has 0 aromatic carbocycles. The van der Waals surface area contributed by atoms with Crippen molar-refractivity contribution in [3.63, 3.8) is 0 Å². The lowest BCUT2D eigenvalue weighted by Gasteiger charge is -2.11. The Morgan fingerprint density at radius 2 is 2.00 bits per heavy atom. The summed E-state index contributed by atoms with van der Waals surface area (Å²) in [6, 6.07) is 0. The molecule has 0 bridgehead atoms. The molecule has 0 aromatic rings. The van der Waals surface area contributed by atoms with Crippen molar-refractivity contribution in [3.8, 4) is 0 Å². The van der Waals surface area contributed by atoms with Crippen LogP contribution < -0.4 is 5.32 Å². The molecule has 2 N–H and O–H groups in total. The zero-order valence-electron chi connectivity index (χ0n) is 7.69. The van der Waals surface area contributed by atoms with Crippen LogP contribution in [0.25, 0.3) is 0 Å². The van der Waals surface area contributed by atoms with Gasteiger partial charge in [0.05, 0.1) is 6.10 Å². The molecule has 0 rings (SSSR count). The number of nitrogens with one attached hydrogen (secondary N) is 1. The van der Waals surface area contributed by atoms with Gasteiger partial charge < -0.3 is 10.4 Å². The van der Waals surface area contributed by atoms with E-state index in [1.165, 1.54) is 0 Å². The van der Waals surface area contributed by atoms with Crippen LogP contribution in [-0.4, -0.2) is 30.5 Å². The molecule has 13 heavy (non-hydrogen) atoms. The summed E-state index contributed by atoms with van der Waals surface area (Å²) in [6.07, 6.45) is -5.38. The summed E-state index contributed by atoms with van der Waals surface area (Å²) in [4.78, 5) is 0. The Balaban J connectivity index is 3.31. The number of aliphatic hydroxyl groups excluding tert-OH is 1. The van der Waals surface area contributed by atoms with Gasteiger partial charge in [0.25, 0.3) is 0 Å². The molecule has 0 aliphatic carbocycles. The van der Waals surface area contributed by atoms with Crippen LogP contribution in [0.5, 0.6) is 0 Å². The lowest BCUT2D eigenvalue weighted by molar-refractivity contribution is -0.136. The largest absolute Gasteiger partial charge is 0.392 e. The van der Waals surface area contributed by atoms with Crippen LogP contribution >= 0.6 is 0 Å². The summed E-state index contributed by atoms with van der Waals surface area (Å²) >= 11 is 0. The van der Waals surface area contributed by atoms with E-state index in [1.807, 2.05) is 6.92 Å². The lowest BCUT2D eigenvalue weighted by atomic mass is 10.1. The Hall–Kier alpha value is -0.290. The van der Waals surface area contributed by atoms with Gasteiger partial charge in [-0.05, 0) is 19.4 Å². The first-order chi connectivity index (χ1) is 5.95. The summed E-state index contributed by atoms with van der Waals surface area (Å²) in [7, 11) is 0. The van der Waals surface area contributed by atoms with Gasteiger partial charge >= 0.3 is 6.18 Å². The van der Waals surface area contributed by atoms with Crippen molar-refractivity contribution in [2.24, 2.45) is 0 Å². The van der Waals surface area contributed by atoms with Crippen molar-refractivity contribution in [1.29, 1.82) is 0 Å². The highest BCUT2D eigenvalue weighted by molar-refractivity contribution is 4.60. The quantitative estimate of drug-likeness (QED) is 0.682. The van der Waals surface area contributed by atoms with Gasteiger partial charge in [-0.3, -0.25) is 0 Å². The van der Waals surface area contributed by atoms with Gasteiger partial charge in [-0.25, -0.2) is 0 Å². The number of hydrogen-bond donors (Lipinski definition) is 2. The maximum Gasteiger partial charge on any atom is 0.389 e. The number of halogens is 3. The second-order valence-corrected chi connectivity index (χ2v) is 2.97. The van der Waals surface area contributed by atoms with Crippen LogP contribution in [0.3, 0.4) is 0 Å². The Morgan fingerprint density at radius 3 is 2.46 bits per heavy atom. The van der Waals surface area contributed by atoms with Gasteiger partial charge in [-0.2, -0.15) is 13.2 Å². The normalized spacial score (nSPS) is 14.5. The Labute approximate surface area is 76.1 Å². The molecule has 0 fully saturated rings. The number of aliphatic hydroxyl groups is 1. The van der Waals surface area contributed by atoms with E-state index >= 15 is 0 Å². The summed E-state index contributed by atoms with van der Waals surface area (Å²) in [6.45, 7) is 2.97. The third kappa shape index (κ3) is 9.63. The molecule has 0 amide bonds. The zero-order chi connectivity index (χ0) is 10.3. The van der Waals surface area contributed by atoms with E-state index in [9.17, 15) is 13.2 Å². The highest BCUT2D eigenvalue weighted by Crippen LogP contribution is 2.22. The first-order valence-electron chi connectivity index (χ1n) is 4.41. The third-order valence-corrected chi connectivity index (χ3v) is 1.63. The lowest BCUT2D eigenvalue weighted by Crippen LogP contribution is -2.26. The van der Waals surface area contributed by atoms with E-state index < -0.39 is 18.7 Å². The van der Waals surface area contributed by atoms with Gasteiger partial charge in [0.2, 0.25) is 0 Å². The van der Waals surface area contributed by atoms with E-state index in [1.54, 1.807) is 0 Å². The van der Waals surface area contributed by atoms with Crippen molar-refractivity contribution in [3.05, 3.63) is 0 Å². The van der Waals surface area contributed by atoms with Crippen molar-refractivity contribution in [1.82, 2.24) is 5.32 Å².